The summed E-state index contributed by atoms with van der Waals surface area (Å²) >= 11 is 0. The van der Waals surface area contributed by atoms with Crippen molar-refractivity contribution in [2.24, 2.45) is 7.05 Å². The summed E-state index contributed by atoms with van der Waals surface area (Å²) in [6, 6.07) is 4.73. The van der Waals surface area contributed by atoms with Gasteiger partial charge in [0.2, 0.25) is 0 Å². The van der Waals surface area contributed by atoms with Crippen molar-refractivity contribution < 1.29 is 4.92 Å². The summed E-state index contributed by atoms with van der Waals surface area (Å²) in [6.45, 7) is 1.89. The van der Waals surface area contributed by atoms with Gasteiger partial charge in [-0.15, -0.1) is 0 Å². The second kappa shape index (κ2) is 4.25. The van der Waals surface area contributed by atoms with E-state index in [4.69, 9.17) is 0 Å². The van der Waals surface area contributed by atoms with Crippen LogP contribution in [0.2, 0.25) is 0 Å². The van der Waals surface area contributed by atoms with Crippen LogP contribution in [0.1, 0.15) is 5.56 Å². The molecule has 0 bridgehead atoms. The third-order valence-electron chi connectivity index (χ3n) is 2.42. The molecule has 0 amide bonds. The fraction of sp³-hybridized carbons (Fsp3) is 0.182. The van der Waals surface area contributed by atoms with Gasteiger partial charge in [-0.25, -0.2) is 0 Å². The Morgan fingerprint density at radius 2 is 2.24 bits per heavy atom. The summed E-state index contributed by atoms with van der Waals surface area (Å²) in [4.78, 5) is 10.3. The zero-order chi connectivity index (χ0) is 12.4. The van der Waals surface area contributed by atoms with Gasteiger partial charge in [0.05, 0.1) is 16.8 Å². The molecule has 1 aromatic heterocycles. The number of aryl methyl sites for hydroxylation is 2. The summed E-state index contributed by atoms with van der Waals surface area (Å²) in [5, 5.41) is 17.8. The molecular formula is C11H12N4O2. The van der Waals surface area contributed by atoms with Crippen LogP contribution in [0.3, 0.4) is 0 Å². The first-order valence-electron chi connectivity index (χ1n) is 5.07. The first kappa shape index (κ1) is 11.1. The van der Waals surface area contributed by atoms with Crippen LogP contribution in [0.5, 0.6) is 0 Å². The van der Waals surface area contributed by atoms with Crippen LogP contribution < -0.4 is 5.32 Å². The molecule has 0 saturated heterocycles. The summed E-state index contributed by atoms with van der Waals surface area (Å²) in [5.41, 5.74) is 2.53. The third kappa shape index (κ3) is 2.41. The fourth-order valence-electron chi connectivity index (χ4n) is 1.50. The predicted molar refractivity (Wildman–Crippen MR) is 64.3 cm³/mol. The van der Waals surface area contributed by atoms with E-state index in [1.54, 1.807) is 23.1 Å². The molecule has 1 aromatic carbocycles. The van der Waals surface area contributed by atoms with E-state index in [1.807, 2.05) is 14.0 Å². The van der Waals surface area contributed by atoms with Crippen molar-refractivity contribution in [1.82, 2.24) is 9.78 Å². The number of nitro benzene ring substituents is 1. The van der Waals surface area contributed by atoms with E-state index in [-0.39, 0.29) is 5.69 Å². The van der Waals surface area contributed by atoms with E-state index in [0.717, 1.165) is 11.3 Å². The van der Waals surface area contributed by atoms with Gasteiger partial charge < -0.3 is 5.32 Å². The lowest BCUT2D eigenvalue weighted by Crippen LogP contribution is -1.95. The van der Waals surface area contributed by atoms with Crippen molar-refractivity contribution in [2.45, 2.75) is 6.92 Å². The Labute approximate surface area is 98.0 Å². The number of nitrogens with one attached hydrogen (secondary N) is 1. The monoisotopic (exact) mass is 232 g/mol. The van der Waals surface area contributed by atoms with Crippen molar-refractivity contribution >= 4 is 17.1 Å². The quantitative estimate of drug-likeness (QED) is 0.651. The molecule has 88 valence electrons. The number of anilines is 2. The molecular weight excluding hydrogens is 220 g/mol. The van der Waals surface area contributed by atoms with E-state index in [2.05, 4.69) is 10.4 Å². The van der Waals surface area contributed by atoms with Gasteiger partial charge in [-0.2, -0.15) is 5.10 Å². The average molecular weight is 232 g/mol. The molecule has 0 unspecified atom stereocenters. The first-order valence-corrected chi connectivity index (χ1v) is 5.07. The number of non-ortho nitro benzene ring substituents is 1. The average Bonchev–Trinajstić information content (AvgIpc) is 2.67. The van der Waals surface area contributed by atoms with Gasteiger partial charge in [-0.3, -0.25) is 14.8 Å². The number of nitro groups is 1. The minimum atomic E-state index is -0.409. The highest BCUT2D eigenvalue weighted by atomic mass is 16.6. The van der Waals surface area contributed by atoms with Crippen LogP contribution in [-0.4, -0.2) is 14.7 Å². The molecule has 0 radical (unpaired) electrons. The van der Waals surface area contributed by atoms with Crippen LogP contribution in [-0.2, 0) is 7.05 Å². The highest BCUT2D eigenvalue weighted by Crippen LogP contribution is 2.24. The zero-order valence-electron chi connectivity index (χ0n) is 9.54. The Morgan fingerprint density at radius 1 is 1.47 bits per heavy atom. The maximum atomic E-state index is 10.7. The van der Waals surface area contributed by atoms with Crippen molar-refractivity contribution in [1.29, 1.82) is 0 Å². The van der Waals surface area contributed by atoms with Gasteiger partial charge in [0.15, 0.2) is 0 Å². The molecule has 2 aromatic rings. The number of hydrogen-bond acceptors (Lipinski definition) is 4. The van der Waals surface area contributed by atoms with Gasteiger partial charge in [-0.1, -0.05) is 6.07 Å². The molecule has 0 spiro atoms. The van der Waals surface area contributed by atoms with E-state index >= 15 is 0 Å². The lowest BCUT2D eigenvalue weighted by molar-refractivity contribution is -0.384. The largest absolute Gasteiger partial charge is 0.353 e. The molecule has 6 nitrogen and oxygen atoms in total. The van der Waals surface area contributed by atoms with Gasteiger partial charge >= 0.3 is 0 Å². The molecule has 0 aliphatic carbocycles. The highest BCUT2D eigenvalue weighted by molar-refractivity contribution is 5.64. The maximum Gasteiger partial charge on any atom is 0.271 e. The van der Waals surface area contributed by atoms with E-state index in [1.165, 1.54) is 12.1 Å². The molecule has 1 heterocycles. The summed E-state index contributed by atoms with van der Waals surface area (Å²) in [7, 11) is 1.81. The zero-order valence-corrected chi connectivity index (χ0v) is 9.54. The first-order chi connectivity index (χ1) is 8.06. The lowest BCUT2D eigenvalue weighted by Gasteiger charge is -2.06. The van der Waals surface area contributed by atoms with Crippen LogP contribution in [0.4, 0.5) is 17.1 Å². The molecule has 0 fully saturated rings. The van der Waals surface area contributed by atoms with E-state index in [9.17, 15) is 10.1 Å². The third-order valence-corrected chi connectivity index (χ3v) is 2.42. The Balaban J connectivity index is 2.31. The Morgan fingerprint density at radius 3 is 2.82 bits per heavy atom. The smallest absolute Gasteiger partial charge is 0.271 e. The standard InChI is InChI=1S/C11H12N4O2/c1-8-3-4-10(15(16)17)5-11(8)13-9-6-12-14(2)7-9/h3-7,13H,1-2H3. The molecule has 0 atom stereocenters. The summed E-state index contributed by atoms with van der Waals surface area (Å²) < 4.78 is 1.66. The molecule has 0 aliphatic rings. The SMILES string of the molecule is Cc1ccc([N+](=O)[O-])cc1Nc1cnn(C)c1. The lowest BCUT2D eigenvalue weighted by atomic mass is 10.2. The Kier molecular flexibility index (Phi) is 2.78. The number of hydrogen-bond donors (Lipinski definition) is 1. The maximum absolute atomic E-state index is 10.7. The summed E-state index contributed by atoms with van der Waals surface area (Å²) in [6.07, 6.45) is 3.47. The minimum absolute atomic E-state index is 0.0713. The highest BCUT2D eigenvalue weighted by Gasteiger charge is 2.09. The molecule has 0 aliphatic heterocycles. The number of benzene rings is 1. The molecule has 0 saturated carbocycles. The van der Waals surface area contributed by atoms with Crippen LogP contribution >= 0.6 is 0 Å². The Bertz CT molecular complexity index is 562. The van der Waals surface area contributed by atoms with Gasteiger partial charge in [0.25, 0.3) is 5.69 Å². The van der Waals surface area contributed by atoms with E-state index in [0.29, 0.717) is 5.69 Å². The fourth-order valence-corrected chi connectivity index (χ4v) is 1.50. The second-order valence-corrected chi connectivity index (χ2v) is 3.78. The minimum Gasteiger partial charge on any atom is -0.353 e. The van der Waals surface area contributed by atoms with Crippen LogP contribution in [0.15, 0.2) is 30.6 Å². The van der Waals surface area contributed by atoms with Gasteiger partial charge in [-0.05, 0) is 12.5 Å². The molecule has 6 heteroatoms. The normalized spacial score (nSPS) is 10.2. The second-order valence-electron chi connectivity index (χ2n) is 3.78. The topological polar surface area (TPSA) is 73.0 Å². The van der Waals surface area contributed by atoms with Crippen LogP contribution in [0, 0.1) is 17.0 Å². The number of rotatable bonds is 3. The molecule has 17 heavy (non-hydrogen) atoms. The number of nitrogens with zero attached hydrogens (tertiary/aromatic N) is 3. The predicted octanol–water partition coefficient (Wildman–Crippen LogP) is 2.38. The number of aromatic nitrogens is 2. The van der Waals surface area contributed by atoms with Crippen LogP contribution in [0.25, 0.3) is 0 Å². The van der Waals surface area contributed by atoms with Gasteiger partial charge in [0, 0.05) is 31.1 Å². The summed E-state index contributed by atoms with van der Waals surface area (Å²) in [5.74, 6) is 0. The van der Waals surface area contributed by atoms with Crippen molar-refractivity contribution in [2.75, 3.05) is 5.32 Å². The van der Waals surface area contributed by atoms with Crippen molar-refractivity contribution in [3.8, 4) is 0 Å². The molecule has 1 N–H and O–H groups in total. The molecule has 2 rings (SSSR count). The Hall–Kier alpha value is -2.37. The van der Waals surface area contributed by atoms with Crippen molar-refractivity contribution in [3.05, 3.63) is 46.3 Å². The van der Waals surface area contributed by atoms with Gasteiger partial charge in [0.1, 0.15) is 0 Å². The van der Waals surface area contributed by atoms with Crippen molar-refractivity contribution in [3.63, 3.8) is 0 Å². The van der Waals surface area contributed by atoms with E-state index < -0.39 is 4.92 Å².